The predicted octanol–water partition coefficient (Wildman–Crippen LogP) is 4.87. The van der Waals surface area contributed by atoms with Gasteiger partial charge in [0.1, 0.15) is 22.6 Å². The quantitative estimate of drug-likeness (QED) is 0.612. The van der Waals surface area contributed by atoms with Crippen molar-refractivity contribution in [2.75, 3.05) is 25.3 Å². The first kappa shape index (κ1) is 22.3. The van der Waals surface area contributed by atoms with Crippen LogP contribution in [0.25, 0.3) is 0 Å². The third kappa shape index (κ3) is 5.18. The summed E-state index contributed by atoms with van der Waals surface area (Å²) in [6.45, 7) is 2.22. The molecule has 0 fully saturated rings. The van der Waals surface area contributed by atoms with Crippen LogP contribution in [0, 0.1) is 17.2 Å². The zero-order valence-electron chi connectivity index (χ0n) is 17.3. The van der Waals surface area contributed by atoms with Gasteiger partial charge in [-0.25, -0.2) is 4.98 Å². The summed E-state index contributed by atoms with van der Waals surface area (Å²) >= 11 is 7.58. The number of ether oxygens (including phenoxy) is 2. The number of benzene rings is 1. The van der Waals surface area contributed by atoms with E-state index in [9.17, 15) is 10.1 Å². The average Bonchev–Trinajstić information content (AvgIpc) is 2.73. The molecule has 1 atom stereocenters. The lowest BCUT2D eigenvalue weighted by Gasteiger charge is -2.21. The molecule has 2 aromatic rings. The maximum atomic E-state index is 12.4. The number of anilines is 1. The molecule has 1 heterocycles. The molecule has 1 unspecified atom stereocenters. The van der Waals surface area contributed by atoms with E-state index in [1.807, 2.05) is 6.07 Å². The van der Waals surface area contributed by atoms with Crippen molar-refractivity contribution < 1.29 is 14.3 Å². The van der Waals surface area contributed by atoms with Crippen molar-refractivity contribution in [3.63, 3.8) is 0 Å². The van der Waals surface area contributed by atoms with Gasteiger partial charge in [0, 0.05) is 23.9 Å². The highest BCUT2D eigenvalue weighted by Crippen LogP contribution is 2.36. The van der Waals surface area contributed by atoms with E-state index in [2.05, 4.69) is 18.3 Å². The molecule has 0 saturated carbocycles. The van der Waals surface area contributed by atoms with Gasteiger partial charge in [-0.3, -0.25) is 4.79 Å². The Morgan fingerprint density at radius 3 is 2.80 bits per heavy atom. The van der Waals surface area contributed by atoms with Gasteiger partial charge in [0.25, 0.3) is 0 Å². The molecular formula is C22H24ClN3O3S. The van der Waals surface area contributed by atoms with E-state index < -0.39 is 0 Å². The highest BCUT2D eigenvalue weighted by atomic mass is 35.5. The number of nitrogens with one attached hydrogen (secondary N) is 1. The molecule has 30 heavy (non-hydrogen) atoms. The summed E-state index contributed by atoms with van der Waals surface area (Å²) in [7, 11) is 3.03. The lowest BCUT2D eigenvalue weighted by Crippen LogP contribution is -2.15. The number of amides is 1. The average molecular weight is 446 g/mol. The monoisotopic (exact) mass is 445 g/mol. The fraction of sp³-hybridized carbons (Fsp3) is 0.409. The third-order valence-corrected chi connectivity index (χ3v) is 6.32. The number of carbonyl (C=O) groups excluding carboxylic acids is 1. The van der Waals surface area contributed by atoms with Crippen LogP contribution in [0.4, 0.5) is 5.69 Å². The fourth-order valence-electron chi connectivity index (χ4n) is 3.43. The second kappa shape index (κ2) is 10.1. The third-order valence-electron chi connectivity index (χ3n) is 5.03. The molecule has 0 spiro atoms. The van der Waals surface area contributed by atoms with Crippen LogP contribution < -0.4 is 14.8 Å². The van der Waals surface area contributed by atoms with E-state index in [0.29, 0.717) is 44.5 Å². The number of hydrogen-bond acceptors (Lipinski definition) is 6. The minimum Gasteiger partial charge on any atom is -0.495 e. The minimum absolute atomic E-state index is 0.174. The Morgan fingerprint density at radius 1 is 1.33 bits per heavy atom. The molecule has 158 valence electrons. The van der Waals surface area contributed by atoms with Gasteiger partial charge in [-0.05, 0) is 42.9 Å². The zero-order valence-corrected chi connectivity index (χ0v) is 18.8. The summed E-state index contributed by atoms with van der Waals surface area (Å²) in [6, 6.07) is 7.44. The lowest BCUT2D eigenvalue weighted by molar-refractivity contribution is -0.115. The van der Waals surface area contributed by atoms with Gasteiger partial charge in [0.05, 0.1) is 30.5 Å². The number of hydrogen-bond donors (Lipinski definition) is 1. The number of aryl methyl sites for hydroxylation is 1. The first-order valence-corrected chi connectivity index (χ1v) is 11.1. The summed E-state index contributed by atoms with van der Waals surface area (Å²) in [5, 5.41) is 13.4. The van der Waals surface area contributed by atoms with Gasteiger partial charge in [0.2, 0.25) is 5.91 Å². The summed E-state index contributed by atoms with van der Waals surface area (Å²) < 4.78 is 10.5. The van der Waals surface area contributed by atoms with E-state index in [-0.39, 0.29) is 12.3 Å². The first-order chi connectivity index (χ1) is 14.4. The molecule has 0 bridgehead atoms. The van der Waals surface area contributed by atoms with Crippen LogP contribution in [0.5, 0.6) is 11.5 Å². The summed E-state index contributed by atoms with van der Waals surface area (Å²) in [5.41, 5.74) is 3.32. The summed E-state index contributed by atoms with van der Waals surface area (Å²) in [5.74, 6) is 1.90. The lowest BCUT2D eigenvalue weighted by atomic mass is 9.87. The molecule has 6 nitrogen and oxygen atoms in total. The van der Waals surface area contributed by atoms with Crippen molar-refractivity contribution >= 4 is 35.0 Å². The van der Waals surface area contributed by atoms with E-state index in [1.54, 1.807) is 12.1 Å². The number of pyridine rings is 1. The number of aromatic nitrogens is 1. The van der Waals surface area contributed by atoms with E-state index >= 15 is 0 Å². The maximum absolute atomic E-state index is 12.4. The smallest absolute Gasteiger partial charge is 0.225 e. The predicted molar refractivity (Wildman–Crippen MR) is 119 cm³/mol. The fourth-order valence-corrected chi connectivity index (χ4v) is 4.59. The van der Waals surface area contributed by atoms with Gasteiger partial charge < -0.3 is 14.8 Å². The molecule has 1 aliphatic carbocycles. The Balaban J connectivity index is 1.63. The number of halogens is 1. The number of thioether (sulfide) groups is 1. The second-order valence-corrected chi connectivity index (χ2v) is 8.73. The molecule has 1 aliphatic rings. The topological polar surface area (TPSA) is 84.2 Å². The molecule has 1 aromatic carbocycles. The Morgan fingerprint density at radius 2 is 2.10 bits per heavy atom. The maximum Gasteiger partial charge on any atom is 0.225 e. The van der Waals surface area contributed by atoms with Gasteiger partial charge in [-0.15, -0.1) is 11.8 Å². The Hall–Kier alpha value is -2.43. The van der Waals surface area contributed by atoms with Crippen molar-refractivity contribution in [3.05, 3.63) is 40.0 Å². The number of fused-ring (bicyclic) bond motifs is 1. The van der Waals surface area contributed by atoms with Gasteiger partial charge in [-0.2, -0.15) is 5.26 Å². The molecule has 3 rings (SSSR count). The number of nitriles is 1. The summed E-state index contributed by atoms with van der Waals surface area (Å²) in [6.07, 6.45) is 3.29. The number of rotatable bonds is 7. The Labute approximate surface area is 185 Å². The normalized spacial score (nSPS) is 15.1. The molecule has 0 radical (unpaired) electrons. The first-order valence-electron chi connectivity index (χ1n) is 9.72. The van der Waals surface area contributed by atoms with Crippen LogP contribution in [0.15, 0.2) is 23.2 Å². The van der Waals surface area contributed by atoms with Crippen LogP contribution in [0.2, 0.25) is 5.02 Å². The zero-order chi connectivity index (χ0) is 21.7. The van der Waals surface area contributed by atoms with E-state index in [0.717, 1.165) is 25.0 Å². The van der Waals surface area contributed by atoms with Crippen LogP contribution in [0.3, 0.4) is 0 Å². The molecule has 1 aromatic heterocycles. The van der Waals surface area contributed by atoms with Crippen LogP contribution >= 0.6 is 23.4 Å². The van der Waals surface area contributed by atoms with Crippen LogP contribution in [-0.4, -0.2) is 30.9 Å². The Kier molecular flexibility index (Phi) is 7.46. The standard InChI is InChI=1S/C22H24ClN3O3S/c1-13-4-5-17-14(8-13)9-15(12-24)22(26-17)30-7-6-21(27)25-18-10-16(23)19(28-2)11-20(18)29-3/h9-11,13H,4-8H2,1-3H3,(H,25,27). The number of carbonyl (C=O) groups is 1. The van der Waals surface area contributed by atoms with Gasteiger partial charge >= 0.3 is 0 Å². The van der Waals surface area contributed by atoms with E-state index in [1.165, 1.54) is 31.5 Å². The van der Waals surface area contributed by atoms with Crippen molar-refractivity contribution in [2.24, 2.45) is 5.92 Å². The number of methoxy groups -OCH3 is 2. The van der Waals surface area contributed by atoms with Crippen molar-refractivity contribution in [2.45, 2.75) is 37.6 Å². The molecule has 8 heteroatoms. The van der Waals surface area contributed by atoms with Gasteiger partial charge in [0.15, 0.2) is 0 Å². The van der Waals surface area contributed by atoms with Crippen molar-refractivity contribution in [1.29, 1.82) is 5.26 Å². The minimum atomic E-state index is -0.174. The molecule has 1 amide bonds. The second-order valence-electron chi connectivity index (χ2n) is 7.24. The highest BCUT2D eigenvalue weighted by Gasteiger charge is 2.19. The van der Waals surface area contributed by atoms with Crippen LogP contribution in [-0.2, 0) is 17.6 Å². The molecule has 0 aliphatic heterocycles. The SMILES string of the molecule is COc1cc(OC)c(NC(=O)CCSc2nc3c(cc2C#N)CC(C)CC3)cc1Cl. The van der Waals surface area contributed by atoms with E-state index in [4.69, 9.17) is 26.1 Å². The van der Waals surface area contributed by atoms with Crippen molar-refractivity contribution in [1.82, 2.24) is 4.98 Å². The largest absolute Gasteiger partial charge is 0.495 e. The summed E-state index contributed by atoms with van der Waals surface area (Å²) in [4.78, 5) is 17.1. The van der Waals surface area contributed by atoms with Crippen LogP contribution in [0.1, 0.15) is 36.6 Å². The highest BCUT2D eigenvalue weighted by molar-refractivity contribution is 7.99. The Bertz CT molecular complexity index is 991. The molecular weight excluding hydrogens is 422 g/mol. The molecule has 1 N–H and O–H groups in total. The number of nitrogens with zero attached hydrogens (tertiary/aromatic N) is 2. The van der Waals surface area contributed by atoms with Gasteiger partial charge in [-0.1, -0.05) is 18.5 Å². The van der Waals surface area contributed by atoms with Crippen molar-refractivity contribution in [3.8, 4) is 17.6 Å². The molecule has 0 saturated heterocycles.